The molecule has 2 aromatic rings. The predicted octanol–water partition coefficient (Wildman–Crippen LogP) is 8.08. The van der Waals surface area contributed by atoms with Crippen LogP contribution in [0.1, 0.15) is 54.2 Å². The van der Waals surface area contributed by atoms with Crippen LogP contribution in [0.5, 0.6) is 0 Å². The van der Waals surface area contributed by atoms with Crippen LogP contribution < -0.4 is 0 Å². The fourth-order valence-electron chi connectivity index (χ4n) is 3.65. The summed E-state index contributed by atoms with van der Waals surface area (Å²) in [5.41, 5.74) is 9.09. The van der Waals surface area contributed by atoms with Gasteiger partial charge in [0.1, 0.15) is 7.22 Å². The second kappa shape index (κ2) is 9.25. The molecule has 0 saturated heterocycles. The quantitative estimate of drug-likeness (QED) is 0.340. The monoisotopic (exact) mass is 397 g/mol. The Bertz CT molecular complexity index is 806. The Balaban J connectivity index is 2.57. The zero-order valence-electron chi connectivity index (χ0n) is 18.4. The van der Waals surface area contributed by atoms with E-state index >= 15 is 0 Å². The highest BCUT2D eigenvalue weighted by Crippen LogP contribution is 2.42. The van der Waals surface area contributed by atoms with Crippen LogP contribution in [0.25, 0.3) is 0 Å². The summed E-state index contributed by atoms with van der Waals surface area (Å²) in [6.45, 7) is 18.2. The number of nitrogens with zero attached hydrogens (tertiary/aromatic N) is 1. The SMILES string of the molecule is CC[Si](CC)(CC)Sc1c(C=Nc2c(C)cccc2C)cc(C)c(C)c1C. The number of aryl methyl sites for hydroxylation is 3. The summed E-state index contributed by atoms with van der Waals surface area (Å²) >= 11 is 2.20. The van der Waals surface area contributed by atoms with Gasteiger partial charge in [-0.1, -0.05) is 57.1 Å². The molecule has 0 unspecified atom stereocenters. The molecular weight excluding hydrogens is 362 g/mol. The fourth-order valence-corrected chi connectivity index (χ4v) is 9.96. The number of rotatable bonds is 7. The lowest BCUT2D eigenvalue weighted by Gasteiger charge is -2.29. The third-order valence-corrected chi connectivity index (χ3v) is 15.7. The highest BCUT2D eigenvalue weighted by molar-refractivity contribution is 8.29. The molecule has 0 fully saturated rings. The van der Waals surface area contributed by atoms with E-state index in [0.29, 0.717) is 0 Å². The van der Waals surface area contributed by atoms with Gasteiger partial charge in [0.15, 0.2) is 0 Å². The van der Waals surface area contributed by atoms with Crippen molar-refractivity contribution in [2.75, 3.05) is 0 Å². The van der Waals surface area contributed by atoms with Gasteiger partial charge in [0.05, 0.1) is 5.69 Å². The highest BCUT2D eigenvalue weighted by atomic mass is 32.4. The van der Waals surface area contributed by atoms with Crippen LogP contribution in [-0.2, 0) is 0 Å². The molecule has 146 valence electrons. The number of aliphatic imine (C=N–C) groups is 1. The Morgan fingerprint density at radius 2 is 1.41 bits per heavy atom. The van der Waals surface area contributed by atoms with Crippen LogP contribution >= 0.6 is 11.2 Å². The van der Waals surface area contributed by atoms with E-state index in [2.05, 4.69) is 97.1 Å². The van der Waals surface area contributed by atoms with E-state index in [4.69, 9.17) is 4.99 Å². The first-order valence-corrected chi connectivity index (χ1v) is 14.3. The first kappa shape index (κ1) is 22.0. The van der Waals surface area contributed by atoms with E-state index in [1.54, 1.807) is 0 Å². The van der Waals surface area contributed by atoms with Crippen molar-refractivity contribution >= 4 is 30.3 Å². The van der Waals surface area contributed by atoms with Gasteiger partial charge >= 0.3 is 0 Å². The summed E-state index contributed by atoms with van der Waals surface area (Å²) in [7, 11) is -1.34. The van der Waals surface area contributed by atoms with E-state index in [1.165, 1.54) is 56.4 Å². The maximum Gasteiger partial charge on any atom is 0.122 e. The molecule has 0 heterocycles. The molecule has 0 aliphatic rings. The Hall–Kier alpha value is -1.32. The summed E-state index contributed by atoms with van der Waals surface area (Å²) in [5.74, 6) is 0. The summed E-state index contributed by atoms with van der Waals surface area (Å²) in [4.78, 5) is 6.40. The molecule has 1 nitrogen and oxygen atoms in total. The lowest BCUT2D eigenvalue weighted by Crippen LogP contribution is -2.27. The predicted molar refractivity (Wildman–Crippen MR) is 127 cm³/mol. The van der Waals surface area contributed by atoms with E-state index in [-0.39, 0.29) is 0 Å². The van der Waals surface area contributed by atoms with Crippen LogP contribution in [0.2, 0.25) is 18.1 Å². The smallest absolute Gasteiger partial charge is 0.122 e. The van der Waals surface area contributed by atoms with Crippen molar-refractivity contribution in [1.29, 1.82) is 0 Å². The molecule has 0 radical (unpaired) electrons. The average Bonchev–Trinajstić information content (AvgIpc) is 2.66. The van der Waals surface area contributed by atoms with Gasteiger partial charge in [0, 0.05) is 16.7 Å². The maximum absolute atomic E-state index is 4.93. The van der Waals surface area contributed by atoms with Gasteiger partial charge in [-0.2, -0.15) is 11.2 Å². The highest BCUT2D eigenvalue weighted by Gasteiger charge is 2.30. The molecule has 0 amide bonds. The van der Waals surface area contributed by atoms with E-state index < -0.39 is 7.22 Å². The van der Waals surface area contributed by atoms with Crippen molar-refractivity contribution in [2.24, 2.45) is 4.99 Å². The van der Waals surface area contributed by atoms with Gasteiger partial charge in [-0.05, 0) is 68.5 Å². The third-order valence-electron chi connectivity index (χ3n) is 6.15. The van der Waals surface area contributed by atoms with Gasteiger partial charge < -0.3 is 0 Å². The lowest BCUT2D eigenvalue weighted by molar-refractivity contribution is 1.17. The van der Waals surface area contributed by atoms with Gasteiger partial charge in [0.25, 0.3) is 0 Å². The number of hydrogen-bond acceptors (Lipinski definition) is 2. The minimum absolute atomic E-state index is 1.11. The van der Waals surface area contributed by atoms with Crippen molar-refractivity contribution in [1.82, 2.24) is 0 Å². The molecule has 0 N–H and O–H groups in total. The van der Waals surface area contributed by atoms with Crippen molar-refractivity contribution in [3.8, 4) is 0 Å². The minimum atomic E-state index is -1.34. The molecule has 3 heteroatoms. The van der Waals surface area contributed by atoms with Crippen LogP contribution in [0.3, 0.4) is 0 Å². The molecule has 0 aromatic heterocycles. The van der Waals surface area contributed by atoms with Gasteiger partial charge in [-0.25, -0.2) is 0 Å². The van der Waals surface area contributed by atoms with Gasteiger partial charge in [-0.15, -0.1) is 0 Å². The molecule has 0 aliphatic carbocycles. The largest absolute Gasteiger partial charge is 0.256 e. The number of para-hydroxylation sites is 1. The fraction of sp³-hybridized carbons (Fsp3) is 0.458. The van der Waals surface area contributed by atoms with Crippen molar-refractivity contribution in [3.05, 3.63) is 57.6 Å². The average molecular weight is 398 g/mol. The first-order chi connectivity index (χ1) is 12.8. The second-order valence-electron chi connectivity index (χ2n) is 7.71. The minimum Gasteiger partial charge on any atom is -0.256 e. The topological polar surface area (TPSA) is 12.4 Å². The third kappa shape index (κ3) is 4.75. The van der Waals surface area contributed by atoms with Gasteiger partial charge in [-0.3, -0.25) is 4.99 Å². The Morgan fingerprint density at radius 3 is 1.93 bits per heavy atom. The summed E-state index contributed by atoms with van der Waals surface area (Å²) in [6.07, 6.45) is 2.11. The maximum atomic E-state index is 4.93. The van der Waals surface area contributed by atoms with Crippen molar-refractivity contribution < 1.29 is 0 Å². The number of benzene rings is 2. The van der Waals surface area contributed by atoms with Crippen LogP contribution in [0.15, 0.2) is 34.2 Å². The van der Waals surface area contributed by atoms with Crippen LogP contribution in [0, 0.1) is 34.6 Å². The Morgan fingerprint density at radius 1 is 0.852 bits per heavy atom. The van der Waals surface area contributed by atoms with Crippen LogP contribution in [-0.4, -0.2) is 13.4 Å². The van der Waals surface area contributed by atoms with Crippen molar-refractivity contribution in [3.63, 3.8) is 0 Å². The summed E-state index contributed by atoms with van der Waals surface area (Å²) < 4.78 is 0. The molecule has 2 rings (SSSR count). The zero-order chi connectivity index (χ0) is 20.2. The number of hydrogen-bond donors (Lipinski definition) is 0. The molecule has 0 saturated carbocycles. The first-order valence-electron chi connectivity index (χ1n) is 10.2. The molecule has 2 aromatic carbocycles. The zero-order valence-corrected chi connectivity index (χ0v) is 20.2. The lowest BCUT2D eigenvalue weighted by atomic mass is 10.0. The van der Waals surface area contributed by atoms with Crippen molar-refractivity contribution in [2.45, 2.75) is 78.4 Å². The molecule has 27 heavy (non-hydrogen) atoms. The van der Waals surface area contributed by atoms with Gasteiger partial charge in [0.2, 0.25) is 0 Å². The summed E-state index contributed by atoms with van der Waals surface area (Å²) in [5, 5.41) is 0. The molecule has 0 atom stereocenters. The second-order valence-corrected chi connectivity index (χ2v) is 16.0. The van der Waals surface area contributed by atoms with E-state index in [0.717, 1.165) is 5.69 Å². The molecular formula is C24H35NSSi. The van der Waals surface area contributed by atoms with E-state index in [9.17, 15) is 0 Å². The Kier molecular flexibility index (Phi) is 7.53. The summed E-state index contributed by atoms with van der Waals surface area (Å²) in [6, 6.07) is 12.7. The normalized spacial score (nSPS) is 12.1. The molecule has 0 bridgehead atoms. The Labute approximate surface area is 171 Å². The van der Waals surface area contributed by atoms with Crippen LogP contribution in [0.4, 0.5) is 5.69 Å². The van der Waals surface area contributed by atoms with E-state index in [1.807, 2.05) is 0 Å². The molecule has 0 aliphatic heterocycles. The standard InChI is InChI=1S/C24H35NSSi/c1-9-27(10-2,11-3)26-24-21(8)20(7)19(6)15-22(24)16-25-23-17(4)13-12-14-18(23)5/h12-16H,9-11H2,1-8H3. The molecule has 0 spiro atoms.